The number of rotatable bonds is 8. The smallest absolute Gasteiger partial charge is 0.261 e. The first kappa shape index (κ1) is 21.5. The van der Waals surface area contributed by atoms with Gasteiger partial charge in [-0.2, -0.15) is 0 Å². The molecule has 0 unspecified atom stereocenters. The number of carbonyl (C=O) groups excluding carboxylic acids is 3. The minimum Gasteiger partial charge on any atom is -0.346 e. The van der Waals surface area contributed by atoms with Crippen molar-refractivity contribution in [1.29, 1.82) is 0 Å². The monoisotopic (exact) mass is 445 g/mol. The summed E-state index contributed by atoms with van der Waals surface area (Å²) in [6.45, 7) is -0.452. The zero-order valence-corrected chi connectivity index (χ0v) is 17.7. The Morgan fingerprint density at radius 2 is 1.83 bits per heavy atom. The zero-order valence-electron chi connectivity index (χ0n) is 16.1. The molecule has 3 N–H and O–H groups in total. The normalized spacial score (nSPS) is 11.5. The molecule has 8 nitrogen and oxygen atoms in total. The SMILES string of the molecule is Cn1ccnc1[C@@H](NC(=O)CNC(=O)CNC(=O)c1cccs1)c1ccc(Cl)cc1. The highest BCUT2D eigenvalue weighted by Gasteiger charge is 2.21. The van der Waals surface area contributed by atoms with E-state index in [-0.39, 0.29) is 19.0 Å². The lowest BCUT2D eigenvalue weighted by Gasteiger charge is -2.19. The number of imidazole rings is 1. The van der Waals surface area contributed by atoms with Gasteiger partial charge in [0.15, 0.2) is 0 Å². The van der Waals surface area contributed by atoms with Crippen LogP contribution in [0.5, 0.6) is 0 Å². The van der Waals surface area contributed by atoms with Crippen LogP contribution in [0.3, 0.4) is 0 Å². The predicted octanol–water partition coefficient (Wildman–Crippen LogP) is 1.89. The largest absolute Gasteiger partial charge is 0.346 e. The molecular formula is C20H20ClN5O3S. The molecule has 10 heteroatoms. The molecule has 3 rings (SSSR count). The van der Waals surface area contributed by atoms with E-state index in [4.69, 9.17) is 11.6 Å². The third-order valence-corrected chi connectivity index (χ3v) is 5.35. The van der Waals surface area contributed by atoms with Crippen LogP contribution in [0.2, 0.25) is 5.02 Å². The summed E-state index contributed by atoms with van der Waals surface area (Å²) in [6, 6.07) is 9.99. The Kier molecular flexibility index (Phi) is 7.21. The molecular weight excluding hydrogens is 426 g/mol. The molecule has 0 aliphatic heterocycles. The number of nitrogens with zero attached hydrogens (tertiary/aromatic N) is 2. The van der Waals surface area contributed by atoms with Gasteiger partial charge >= 0.3 is 0 Å². The van der Waals surface area contributed by atoms with Crippen molar-refractivity contribution in [1.82, 2.24) is 25.5 Å². The molecule has 1 aromatic carbocycles. The van der Waals surface area contributed by atoms with Gasteiger partial charge in [-0.25, -0.2) is 4.98 Å². The Morgan fingerprint density at radius 3 is 2.47 bits per heavy atom. The summed E-state index contributed by atoms with van der Waals surface area (Å²) in [5.74, 6) is -0.548. The Labute approximate surface area is 182 Å². The molecule has 0 aliphatic carbocycles. The molecule has 0 fully saturated rings. The Balaban J connectivity index is 1.55. The second kappa shape index (κ2) is 10.0. The molecule has 2 aromatic heterocycles. The van der Waals surface area contributed by atoms with Crippen molar-refractivity contribution in [3.05, 3.63) is 75.5 Å². The zero-order chi connectivity index (χ0) is 21.5. The molecule has 0 saturated heterocycles. The number of hydrogen-bond acceptors (Lipinski definition) is 5. The van der Waals surface area contributed by atoms with Crippen LogP contribution < -0.4 is 16.0 Å². The van der Waals surface area contributed by atoms with Gasteiger partial charge in [0, 0.05) is 24.5 Å². The molecule has 0 aliphatic rings. The summed E-state index contributed by atoms with van der Waals surface area (Å²) >= 11 is 7.24. The Bertz CT molecular complexity index is 1020. The Morgan fingerprint density at radius 1 is 1.10 bits per heavy atom. The van der Waals surface area contributed by atoms with Crippen molar-refractivity contribution in [2.24, 2.45) is 7.05 Å². The molecule has 0 radical (unpaired) electrons. The maximum absolute atomic E-state index is 12.5. The average Bonchev–Trinajstić information content (AvgIpc) is 3.41. The van der Waals surface area contributed by atoms with E-state index in [9.17, 15) is 14.4 Å². The first-order valence-electron chi connectivity index (χ1n) is 9.04. The number of amides is 3. The number of aryl methyl sites for hydroxylation is 1. The summed E-state index contributed by atoms with van der Waals surface area (Å²) in [5, 5.41) is 10.2. The third kappa shape index (κ3) is 5.68. The van der Waals surface area contributed by atoms with E-state index in [0.717, 1.165) is 5.56 Å². The minimum absolute atomic E-state index is 0.218. The fourth-order valence-electron chi connectivity index (χ4n) is 2.72. The van der Waals surface area contributed by atoms with Crippen LogP contribution in [0.4, 0.5) is 0 Å². The van der Waals surface area contributed by atoms with E-state index in [0.29, 0.717) is 15.7 Å². The van der Waals surface area contributed by atoms with Crippen LogP contribution >= 0.6 is 22.9 Å². The highest BCUT2D eigenvalue weighted by atomic mass is 35.5. The maximum atomic E-state index is 12.5. The number of carbonyl (C=O) groups is 3. The molecule has 30 heavy (non-hydrogen) atoms. The highest BCUT2D eigenvalue weighted by Crippen LogP contribution is 2.22. The fourth-order valence-corrected chi connectivity index (χ4v) is 3.48. The Hall–Kier alpha value is -3.17. The number of aromatic nitrogens is 2. The third-order valence-electron chi connectivity index (χ3n) is 4.23. The molecule has 2 heterocycles. The van der Waals surface area contributed by atoms with Crippen LogP contribution in [-0.2, 0) is 16.6 Å². The molecule has 156 valence electrons. The van der Waals surface area contributed by atoms with Gasteiger partial charge in [-0.3, -0.25) is 14.4 Å². The van der Waals surface area contributed by atoms with E-state index in [1.165, 1.54) is 11.3 Å². The maximum Gasteiger partial charge on any atom is 0.261 e. The van der Waals surface area contributed by atoms with Crippen molar-refractivity contribution in [2.45, 2.75) is 6.04 Å². The van der Waals surface area contributed by atoms with Crippen molar-refractivity contribution in [2.75, 3.05) is 13.1 Å². The van der Waals surface area contributed by atoms with E-state index >= 15 is 0 Å². The fraction of sp³-hybridized carbons (Fsp3) is 0.200. The molecule has 3 aromatic rings. The van der Waals surface area contributed by atoms with Crippen molar-refractivity contribution in [3.63, 3.8) is 0 Å². The van der Waals surface area contributed by atoms with Gasteiger partial charge in [-0.1, -0.05) is 29.8 Å². The summed E-state index contributed by atoms with van der Waals surface area (Å²) in [5.41, 5.74) is 0.802. The number of nitrogens with one attached hydrogen (secondary N) is 3. The summed E-state index contributed by atoms with van der Waals surface area (Å²) < 4.78 is 1.80. The number of thiophene rings is 1. The van der Waals surface area contributed by atoms with E-state index in [1.54, 1.807) is 58.7 Å². The standard InChI is InChI=1S/C20H20ClN5O3S/c1-26-9-8-22-19(26)18(13-4-6-14(21)7-5-13)25-17(28)12-23-16(27)11-24-20(29)15-3-2-10-30-15/h2-10,18H,11-12H2,1H3,(H,23,27)(H,24,29)(H,25,28)/t18-/m0/s1. The summed E-state index contributed by atoms with van der Waals surface area (Å²) in [4.78, 5) is 41.1. The lowest BCUT2D eigenvalue weighted by Crippen LogP contribution is -2.43. The van der Waals surface area contributed by atoms with Crippen LogP contribution in [0.25, 0.3) is 0 Å². The van der Waals surface area contributed by atoms with E-state index in [1.807, 2.05) is 7.05 Å². The van der Waals surface area contributed by atoms with Crippen LogP contribution in [0.15, 0.2) is 54.2 Å². The second-order valence-corrected chi connectivity index (χ2v) is 7.77. The minimum atomic E-state index is -0.509. The topological polar surface area (TPSA) is 105 Å². The van der Waals surface area contributed by atoms with E-state index < -0.39 is 17.9 Å². The summed E-state index contributed by atoms with van der Waals surface area (Å²) in [6.07, 6.45) is 3.42. The van der Waals surface area contributed by atoms with Crippen LogP contribution in [0, 0.1) is 0 Å². The first-order valence-corrected chi connectivity index (χ1v) is 10.3. The van der Waals surface area contributed by atoms with Gasteiger partial charge in [0.1, 0.15) is 11.9 Å². The van der Waals surface area contributed by atoms with Gasteiger partial charge < -0.3 is 20.5 Å². The van der Waals surface area contributed by atoms with Gasteiger partial charge in [0.05, 0.1) is 18.0 Å². The summed E-state index contributed by atoms with van der Waals surface area (Å²) in [7, 11) is 1.83. The molecule has 0 saturated carbocycles. The number of halogens is 1. The van der Waals surface area contributed by atoms with Gasteiger partial charge in [0.2, 0.25) is 11.8 Å². The van der Waals surface area contributed by atoms with Gasteiger partial charge in [-0.15, -0.1) is 11.3 Å². The van der Waals surface area contributed by atoms with Gasteiger partial charge in [0.25, 0.3) is 5.91 Å². The molecule has 0 bridgehead atoms. The first-order chi connectivity index (χ1) is 14.4. The number of benzene rings is 1. The van der Waals surface area contributed by atoms with Crippen molar-refractivity contribution in [3.8, 4) is 0 Å². The van der Waals surface area contributed by atoms with Crippen LogP contribution in [0.1, 0.15) is 27.1 Å². The quantitative estimate of drug-likeness (QED) is 0.492. The highest BCUT2D eigenvalue weighted by molar-refractivity contribution is 7.12. The lowest BCUT2D eigenvalue weighted by molar-refractivity contribution is -0.125. The second-order valence-electron chi connectivity index (χ2n) is 6.39. The lowest BCUT2D eigenvalue weighted by atomic mass is 10.1. The van der Waals surface area contributed by atoms with E-state index in [2.05, 4.69) is 20.9 Å². The van der Waals surface area contributed by atoms with Crippen molar-refractivity contribution < 1.29 is 14.4 Å². The average molecular weight is 446 g/mol. The van der Waals surface area contributed by atoms with Crippen LogP contribution in [-0.4, -0.2) is 40.4 Å². The van der Waals surface area contributed by atoms with Crippen molar-refractivity contribution >= 4 is 40.7 Å². The molecule has 1 atom stereocenters. The predicted molar refractivity (Wildman–Crippen MR) is 114 cm³/mol. The molecule has 3 amide bonds. The molecule has 0 spiro atoms. The number of hydrogen-bond donors (Lipinski definition) is 3. The van der Waals surface area contributed by atoms with Gasteiger partial charge in [-0.05, 0) is 29.1 Å².